The van der Waals surface area contributed by atoms with Gasteiger partial charge < -0.3 is 9.15 Å². The zero-order valence-corrected chi connectivity index (χ0v) is 16.1. The minimum absolute atomic E-state index is 0.0226. The maximum atomic E-state index is 12.5. The van der Waals surface area contributed by atoms with Crippen LogP contribution in [0.1, 0.15) is 10.4 Å². The second-order valence-corrected chi connectivity index (χ2v) is 6.74. The van der Waals surface area contributed by atoms with E-state index < -0.39 is 0 Å². The van der Waals surface area contributed by atoms with E-state index in [9.17, 15) is 4.79 Å². The molecule has 6 nitrogen and oxygen atoms in total. The van der Waals surface area contributed by atoms with E-state index in [4.69, 9.17) is 9.15 Å². The van der Waals surface area contributed by atoms with Crippen molar-refractivity contribution in [3.8, 4) is 23.0 Å². The fourth-order valence-corrected chi connectivity index (χ4v) is 2.91. The highest BCUT2D eigenvalue weighted by Gasteiger charge is 2.13. The molecular formula is C21H14BrN3O3. The number of anilines is 1. The first kappa shape index (κ1) is 17.9. The third-order valence-corrected chi connectivity index (χ3v) is 4.29. The van der Waals surface area contributed by atoms with E-state index in [1.54, 1.807) is 24.3 Å². The van der Waals surface area contributed by atoms with Crippen molar-refractivity contribution >= 4 is 27.9 Å². The summed E-state index contributed by atoms with van der Waals surface area (Å²) in [7, 11) is 0. The van der Waals surface area contributed by atoms with E-state index in [0.717, 1.165) is 10.0 Å². The van der Waals surface area contributed by atoms with Crippen LogP contribution in [-0.4, -0.2) is 16.1 Å². The van der Waals surface area contributed by atoms with Crippen molar-refractivity contribution in [2.75, 3.05) is 5.32 Å². The number of ether oxygens (including phenoxy) is 1. The summed E-state index contributed by atoms with van der Waals surface area (Å²) >= 11 is 3.40. The number of para-hydroxylation sites is 1. The van der Waals surface area contributed by atoms with E-state index in [1.165, 1.54) is 0 Å². The normalized spacial score (nSPS) is 10.5. The molecule has 28 heavy (non-hydrogen) atoms. The molecule has 1 aromatic heterocycles. The predicted molar refractivity (Wildman–Crippen MR) is 108 cm³/mol. The van der Waals surface area contributed by atoms with Crippen molar-refractivity contribution in [3.05, 3.63) is 88.9 Å². The van der Waals surface area contributed by atoms with E-state index in [0.29, 0.717) is 23.0 Å². The number of halogens is 1. The molecule has 138 valence electrons. The Bertz CT molecular complexity index is 1110. The molecule has 4 rings (SSSR count). The van der Waals surface area contributed by atoms with Crippen LogP contribution in [0.3, 0.4) is 0 Å². The molecule has 0 saturated heterocycles. The smallest absolute Gasteiger partial charge is 0.322 e. The summed E-state index contributed by atoms with van der Waals surface area (Å²) in [6, 6.07) is 23.7. The molecule has 0 spiro atoms. The van der Waals surface area contributed by atoms with Crippen molar-refractivity contribution in [3.63, 3.8) is 0 Å². The number of nitrogens with one attached hydrogen (secondary N) is 1. The number of hydrogen-bond donors (Lipinski definition) is 1. The minimum Gasteiger partial charge on any atom is -0.457 e. The largest absolute Gasteiger partial charge is 0.457 e. The van der Waals surface area contributed by atoms with Crippen LogP contribution in [0.2, 0.25) is 0 Å². The van der Waals surface area contributed by atoms with Crippen LogP contribution >= 0.6 is 15.9 Å². The molecule has 1 amide bonds. The van der Waals surface area contributed by atoms with Crippen LogP contribution in [0.5, 0.6) is 11.5 Å². The minimum atomic E-state index is -0.372. The quantitative estimate of drug-likeness (QED) is 0.444. The van der Waals surface area contributed by atoms with Crippen LogP contribution in [-0.2, 0) is 0 Å². The van der Waals surface area contributed by atoms with Gasteiger partial charge in [0.25, 0.3) is 5.91 Å². The van der Waals surface area contributed by atoms with Crippen molar-refractivity contribution < 1.29 is 13.9 Å². The molecule has 0 bridgehead atoms. The van der Waals surface area contributed by atoms with Crippen molar-refractivity contribution in [2.45, 2.75) is 0 Å². The Morgan fingerprint density at radius 2 is 1.68 bits per heavy atom. The third-order valence-electron chi connectivity index (χ3n) is 3.79. The summed E-state index contributed by atoms with van der Waals surface area (Å²) in [5.74, 6) is 1.19. The first-order valence-electron chi connectivity index (χ1n) is 8.41. The molecule has 0 unspecified atom stereocenters. The molecule has 1 heterocycles. The lowest BCUT2D eigenvalue weighted by atomic mass is 10.2. The van der Waals surface area contributed by atoms with E-state index >= 15 is 0 Å². The summed E-state index contributed by atoms with van der Waals surface area (Å²) in [6.07, 6.45) is 0. The van der Waals surface area contributed by atoms with Crippen molar-refractivity contribution in [2.24, 2.45) is 0 Å². The summed E-state index contributed by atoms with van der Waals surface area (Å²) in [5.41, 5.74) is 1.16. The monoisotopic (exact) mass is 435 g/mol. The SMILES string of the molecule is O=C(Nc1nnc(-c2cccc(Br)c2)o1)c1cccc(Oc2ccccc2)c1. The maximum absolute atomic E-state index is 12.5. The third kappa shape index (κ3) is 4.27. The highest BCUT2D eigenvalue weighted by Crippen LogP contribution is 2.24. The van der Waals surface area contributed by atoms with Crippen LogP contribution in [0, 0.1) is 0 Å². The molecule has 7 heteroatoms. The lowest BCUT2D eigenvalue weighted by molar-refractivity contribution is 0.102. The molecular weight excluding hydrogens is 422 g/mol. The standard InChI is InChI=1S/C21H14BrN3O3/c22-16-8-4-7-15(12-16)20-24-25-21(28-20)23-19(26)14-6-5-11-18(13-14)27-17-9-2-1-3-10-17/h1-13H,(H,23,25,26). The number of benzene rings is 3. The van der Waals surface area contributed by atoms with Gasteiger partial charge in [-0.15, -0.1) is 5.10 Å². The number of carbonyl (C=O) groups is 1. The molecule has 0 atom stereocenters. The lowest BCUT2D eigenvalue weighted by Gasteiger charge is -2.07. The van der Waals surface area contributed by atoms with Crippen molar-refractivity contribution in [1.82, 2.24) is 10.2 Å². The lowest BCUT2D eigenvalue weighted by Crippen LogP contribution is -2.12. The Balaban J connectivity index is 1.48. The maximum Gasteiger partial charge on any atom is 0.322 e. The van der Waals surface area contributed by atoms with Gasteiger partial charge in [-0.1, -0.05) is 51.4 Å². The average Bonchev–Trinajstić information content (AvgIpc) is 3.17. The molecule has 1 N–H and O–H groups in total. The summed E-state index contributed by atoms with van der Waals surface area (Å²) < 4.78 is 12.2. The Hall–Kier alpha value is -3.45. The zero-order valence-electron chi connectivity index (χ0n) is 14.5. The number of amides is 1. The number of aromatic nitrogens is 2. The summed E-state index contributed by atoms with van der Waals surface area (Å²) in [6.45, 7) is 0. The fraction of sp³-hybridized carbons (Fsp3) is 0. The van der Waals surface area contributed by atoms with Gasteiger partial charge in [-0.2, -0.15) is 0 Å². The van der Waals surface area contributed by atoms with Gasteiger partial charge >= 0.3 is 6.01 Å². The Morgan fingerprint density at radius 1 is 0.893 bits per heavy atom. The summed E-state index contributed by atoms with van der Waals surface area (Å²) in [4.78, 5) is 12.5. The zero-order chi connectivity index (χ0) is 19.3. The molecule has 0 radical (unpaired) electrons. The van der Waals surface area contributed by atoms with Gasteiger partial charge in [0, 0.05) is 15.6 Å². The number of hydrogen-bond acceptors (Lipinski definition) is 5. The second-order valence-electron chi connectivity index (χ2n) is 5.82. The Labute approximate surface area is 169 Å². The topological polar surface area (TPSA) is 77.3 Å². The van der Waals surface area contributed by atoms with E-state index in [1.807, 2.05) is 54.6 Å². The molecule has 0 fully saturated rings. The van der Waals surface area contributed by atoms with Crippen LogP contribution in [0.15, 0.2) is 87.8 Å². The molecule has 0 aliphatic heterocycles. The highest BCUT2D eigenvalue weighted by atomic mass is 79.9. The average molecular weight is 436 g/mol. The van der Waals surface area contributed by atoms with Gasteiger partial charge in [0.15, 0.2) is 0 Å². The fourth-order valence-electron chi connectivity index (χ4n) is 2.51. The van der Waals surface area contributed by atoms with Gasteiger partial charge in [-0.25, -0.2) is 0 Å². The first-order chi connectivity index (χ1) is 13.7. The number of rotatable bonds is 5. The molecule has 0 aliphatic rings. The molecule has 0 aliphatic carbocycles. The van der Waals surface area contributed by atoms with Gasteiger partial charge in [-0.3, -0.25) is 10.1 Å². The summed E-state index contributed by atoms with van der Waals surface area (Å²) in [5, 5.41) is 10.5. The van der Waals surface area contributed by atoms with Gasteiger partial charge in [0.2, 0.25) is 5.89 Å². The van der Waals surface area contributed by atoms with Crippen LogP contribution < -0.4 is 10.1 Å². The number of carbonyl (C=O) groups excluding carboxylic acids is 1. The molecule has 0 saturated carbocycles. The molecule has 3 aromatic carbocycles. The van der Waals surface area contributed by atoms with Gasteiger partial charge in [0.1, 0.15) is 11.5 Å². The number of nitrogens with zero attached hydrogens (tertiary/aromatic N) is 2. The van der Waals surface area contributed by atoms with E-state index in [-0.39, 0.29) is 11.9 Å². The second kappa shape index (κ2) is 8.06. The Morgan fingerprint density at radius 3 is 2.50 bits per heavy atom. The van der Waals surface area contributed by atoms with Crippen LogP contribution in [0.4, 0.5) is 6.01 Å². The molecule has 4 aromatic rings. The van der Waals surface area contributed by atoms with Gasteiger partial charge in [0.05, 0.1) is 0 Å². The van der Waals surface area contributed by atoms with E-state index in [2.05, 4.69) is 31.4 Å². The highest BCUT2D eigenvalue weighted by molar-refractivity contribution is 9.10. The van der Waals surface area contributed by atoms with Crippen LogP contribution in [0.25, 0.3) is 11.5 Å². The predicted octanol–water partition coefficient (Wildman–Crippen LogP) is 5.54. The van der Waals surface area contributed by atoms with Gasteiger partial charge in [-0.05, 0) is 48.5 Å². The Kier molecular flexibility index (Phi) is 5.16. The first-order valence-corrected chi connectivity index (χ1v) is 9.20. The van der Waals surface area contributed by atoms with Crippen molar-refractivity contribution in [1.29, 1.82) is 0 Å².